The number of carbonyl (C=O) groups is 1. The maximum Gasteiger partial charge on any atom is 0.225 e. The van der Waals surface area contributed by atoms with E-state index in [1.165, 1.54) is 19.3 Å². The molecule has 4 nitrogen and oxygen atoms in total. The number of amides is 1. The molecule has 22 heavy (non-hydrogen) atoms. The topological polar surface area (TPSA) is 49.8 Å². The molecule has 2 saturated heterocycles. The van der Waals surface area contributed by atoms with Crippen LogP contribution in [0.4, 0.5) is 0 Å². The van der Waals surface area contributed by atoms with Crippen LogP contribution in [0.25, 0.3) is 0 Å². The van der Waals surface area contributed by atoms with Crippen LogP contribution in [-0.4, -0.2) is 47.8 Å². The standard InChI is InChI=1S/C18H31NO3/c20-12-6-15-7-13-22-18(14-15)8-10-19(11-9-18)17(21)16-4-2-1-3-5-16/h15-16,20H,1-14H2. The lowest BCUT2D eigenvalue weighted by Gasteiger charge is -2.46. The minimum absolute atomic E-state index is 0.0125. The number of nitrogens with zero attached hydrogens (tertiary/aromatic N) is 1. The van der Waals surface area contributed by atoms with Crippen molar-refractivity contribution >= 4 is 5.91 Å². The van der Waals surface area contributed by atoms with Gasteiger partial charge in [0.25, 0.3) is 0 Å². The Morgan fingerprint density at radius 3 is 2.55 bits per heavy atom. The lowest BCUT2D eigenvalue weighted by atomic mass is 9.78. The van der Waals surface area contributed by atoms with Gasteiger partial charge in [-0.15, -0.1) is 0 Å². The molecule has 0 aromatic rings. The molecule has 3 aliphatic rings. The van der Waals surface area contributed by atoms with Crippen LogP contribution >= 0.6 is 0 Å². The Labute approximate surface area is 134 Å². The SMILES string of the molecule is O=C(C1CCCCC1)N1CCC2(CC1)CC(CCO)CCO2. The highest BCUT2D eigenvalue weighted by molar-refractivity contribution is 5.79. The number of hydrogen-bond acceptors (Lipinski definition) is 3. The molecule has 0 aromatic heterocycles. The van der Waals surface area contributed by atoms with Crippen molar-refractivity contribution in [3.63, 3.8) is 0 Å². The number of carbonyl (C=O) groups excluding carboxylic acids is 1. The van der Waals surface area contributed by atoms with Crippen LogP contribution in [0, 0.1) is 11.8 Å². The van der Waals surface area contributed by atoms with Crippen LogP contribution in [-0.2, 0) is 9.53 Å². The quantitative estimate of drug-likeness (QED) is 0.872. The lowest BCUT2D eigenvalue weighted by Crippen LogP contribution is -2.52. The second kappa shape index (κ2) is 7.31. The fraction of sp³-hybridized carbons (Fsp3) is 0.944. The minimum atomic E-state index is -0.0125. The monoisotopic (exact) mass is 309 g/mol. The van der Waals surface area contributed by atoms with Crippen LogP contribution in [0.1, 0.15) is 64.2 Å². The van der Waals surface area contributed by atoms with Gasteiger partial charge in [0.2, 0.25) is 5.91 Å². The first-order valence-electron chi connectivity index (χ1n) is 9.26. The molecule has 3 rings (SSSR count). The molecule has 1 unspecified atom stereocenters. The van der Waals surface area contributed by atoms with Crippen molar-refractivity contribution in [2.24, 2.45) is 11.8 Å². The van der Waals surface area contributed by atoms with E-state index in [2.05, 4.69) is 4.90 Å². The van der Waals surface area contributed by atoms with Gasteiger partial charge >= 0.3 is 0 Å². The molecule has 1 atom stereocenters. The molecule has 126 valence electrons. The average molecular weight is 309 g/mol. The molecule has 0 bridgehead atoms. The van der Waals surface area contributed by atoms with E-state index in [0.717, 1.165) is 64.6 Å². The molecule has 1 spiro atoms. The molecule has 1 amide bonds. The van der Waals surface area contributed by atoms with Crippen LogP contribution in [0.2, 0.25) is 0 Å². The van der Waals surface area contributed by atoms with Gasteiger partial charge in [-0.05, 0) is 50.9 Å². The smallest absolute Gasteiger partial charge is 0.225 e. The van der Waals surface area contributed by atoms with Crippen molar-refractivity contribution in [2.75, 3.05) is 26.3 Å². The highest BCUT2D eigenvalue weighted by Crippen LogP contribution is 2.39. The summed E-state index contributed by atoms with van der Waals surface area (Å²) >= 11 is 0. The third kappa shape index (κ3) is 3.65. The largest absolute Gasteiger partial charge is 0.396 e. The van der Waals surface area contributed by atoms with Gasteiger partial charge < -0.3 is 14.7 Å². The summed E-state index contributed by atoms with van der Waals surface area (Å²) in [6.45, 7) is 2.83. The maximum absolute atomic E-state index is 12.6. The fourth-order valence-corrected chi connectivity index (χ4v) is 4.65. The zero-order valence-electron chi connectivity index (χ0n) is 13.8. The Morgan fingerprint density at radius 1 is 1.14 bits per heavy atom. The Balaban J connectivity index is 1.52. The molecule has 1 aliphatic carbocycles. The zero-order chi connectivity index (χ0) is 15.4. The van der Waals surface area contributed by atoms with Crippen molar-refractivity contribution in [2.45, 2.75) is 69.8 Å². The first-order chi connectivity index (χ1) is 10.7. The van der Waals surface area contributed by atoms with E-state index < -0.39 is 0 Å². The molecule has 2 aliphatic heterocycles. The predicted molar refractivity (Wildman–Crippen MR) is 85.5 cm³/mol. The third-order valence-corrected chi connectivity index (χ3v) is 6.07. The number of rotatable bonds is 3. The van der Waals surface area contributed by atoms with Crippen LogP contribution in [0.5, 0.6) is 0 Å². The molecule has 3 fully saturated rings. The molecule has 4 heteroatoms. The Kier molecular flexibility index (Phi) is 5.40. The van der Waals surface area contributed by atoms with Crippen molar-refractivity contribution in [3.8, 4) is 0 Å². The van der Waals surface area contributed by atoms with E-state index >= 15 is 0 Å². The summed E-state index contributed by atoms with van der Waals surface area (Å²) < 4.78 is 6.14. The van der Waals surface area contributed by atoms with E-state index in [-0.39, 0.29) is 18.1 Å². The number of aliphatic hydroxyl groups is 1. The van der Waals surface area contributed by atoms with Crippen LogP contribution < -0.4 is 0 Å². The Hall–Kier alpha value is -0.610. The van der Waals surface area contributed by atoms with Gasteiger partial charge in [-0.2, -0.15) is 0 Å². The number of aliphatic hydroxyl groups excluding tert-OH is 1. The molecular weight excluding hydrogens is 278 g/mol. The lowest BCUT2D eigenvalue weighted by molar-refractivity contribution is -0.151. The number of piperidine rings is 1. The number of ether oxygens (including phenoxy) is 1. The molecule has 1 N–H and O–H groups in total. The van der Waals surface area contributed by atoms with Crippen molar-refractivity contribution < 1.29 is 14.6 Å². The predicted octanol–water partition coefficient (Wildman–Crippen LogP) is 2.74. The molecular formula is C18H31NO3. The van der Waals surface area contributed by atoms with Crippen LogP contribution in [0.15, 0.2) is 0 Å². The van der Waals surface area contributed by atoms with Crippen LogP contribution in [0.3, 0.4) is 0 Å². The van der Waals surface area contributed by atoms with E-state index in [9.17, 15) is 9.90 Å². The maximum atomic E-state index is 12.6. The fourth-order valence-electron chi connectivity index (χ4n) is 4.65. The average Bonchev–Trinajstić information content (AvgIpc) is 2.56. The summed E-state index contributed by atoms with van der Waals surface area (Å²) in [5.41, 5.74) is -0.0125. The minimum Gasteiger partial charge on any atom is -0.396 e. The van der Waals surface area contributed by atoms with Gasteiger partial charge in [-0.3, -0.25) is 4.79 Å². The van der Waals surface area contributed by atoms with E-state index in [1.807, 2.05) is 0 Å². The molecule has 1 saturated carbocycles. The zero-order valence-corrected chi connectivity index (χ0v) is 13.8. The van der Waals surface area contributed by atoms with Gasteiger partial charge in [0, 0.05) is 32.2 Å². The van der Waals surface area contributed by atoms with E-state index in [4.69, 9.17) is 4.74 Å². The second-order valence-electron chi connectivity index (χ2n) is 7.56. The highest BCUT2D eigenvalue weighted by Gasteiger charge is 2.41. The summed E-state index contributed by atoms with van der Waals surface area (Å²) in [6, 6.07) is 0. The normalized spacial score (nSPS) is 29.7. The summed E-state index contributed by atoms with van der Waals surface area (Å²) in [5, 5.41) is 9.17. The first kappa shape index (κ1) is 16.3. The number of hydrogen-bond donors (Lipinski definition) is 1. The molecule has 2 heterocycles. The molecule has 0 aromatic carbocycles. The Morgan fingerprint density at radius 2 is 1.86 bits per heavy atom. The van der Waals surface area contributed by atoms with Gasteiger partial charge in [0.15, 0.2) is 0 Å². The third-order valence-electron chi connectivity index (χ3n) is 6.07. The van der Waals surface area contributed by atoms with Gasteiger partial charge in [0.05, 0.1) is 5.60 Å². The molecule has 0 radical (unpaired) electrons. The van der Waals surface area contributed by atoms with Gasteiger partial charge in [-0.1, -0.05) is 19.3 Å². The summed E-state index contributed by atoms with van der Waals surface area (Å²) in [4.78, 5) is 14.7. The van der Waals surface area contributed by atoms with Gasteiger partial charge in [0.1, 0.15) is 0 Å². The van der Waals surface area contributed by atoms with Crippen molar-refractivity contribution in [1.82, 2.24) is 4.90 Å². The van der Waals surface area contributed by atoms with E-state index in [0.29, 0.717) is 11.8 Å². The highest BCUT2D eigenvalue weighted by atomic mass is 16.5. The number of likely N-dealkylation sites (tertiary alicyclic amines) is 1. The van der Waals surface area contributed by atoms with Crippen molar-refractivity contribution in [3.05, 3.63) is 0 Å². The first-order valence-corrected chi connectivity index (χ1v) is 9.26. The van der Waals surface area contributed by atoms with Gasteiger partial charge in [-0.25, -0.2) is 0 Å². The Bertz CT molecular complexity index is 369. The summed E-state index contributed by atoms with van der Waals surface area (Å²) in [5.74, 6) is 1.29. The summed E-state index contributed by atoms with van der Waals surface area (Å²) in [7, 11) is 0. The van der Waals surface area contributed by atoms with E-state index in [1.54, 1.807) is 0 Å². The summed E-state index contributed by atoms with van der Waals surface area (Å²) in [6.07, 6.45) is 10.9. The second-order valence-corrected chi connectivity index (χ2v) is 7.56. The van der Waals surface area contributed by atoms with Crippen molar-refractivity contribution in [1.29, 1.82) is 0 Å².